The Bertz CT molecular complexity index is 64.0. The summed E-state index contributed by atoms with van der Waals surface area (Å²) in [6.07, 6.45) is 0.833. The molecule has 2 nitrogen and oxygen atoms in total. The van der Waals surface area contributed by atoms with Gasteiger partial charge in [-0.2, -0.15) is 0 Å². The molecule has 1 N–H and O–H groups in total. The van der Waals surface area contributed by atoms with Crippen LogP contribution >= 0.6 is 0 Å². The van der Waals surface area contributed by atoms with Crippen LogP contribution < -0.4 is 0 Å². The summed E-state index contributed by atoms with van der Waals surface area (Å²) < 4.78 is 0. The topological polar surface area (TPSA) is 37.3 Å². The number of hydrogen-bond acceptors (Lipinski definition) is 1. The van der Waals surface area contributed by atoms with Crippen LogP contribution in [0.15, 0.2) is 12.7 Å². The van der Waals surface area contributed by atoms with E-state index in [0.717, 1.165) is 6.08 Å². The van der Waals surface area contributed by atoms with Crippen LogP contribution in [0.3, 0.4) is 0 Å². The minimum atomic E-state index is -0.981. The van der Waals surface area contributed by atoms with E-state index in [1.54, 1.807) is 0 Å². The quantitative estimate of drug-likeness (QED) is 0.522. The van der Waals surface area contributed by atoms with Gasteiger partial charge in [0, 0.05) is 41.8 Å². The maximum Gasteiger partial charge on any atom is 0.327 e. The number of carboxylic acid groups (broad SMARTS) is 1. The molecule has 0 saturated heterocycles. The van der Waals surface area contributed by atoms with Crippen molar-refractivity contribution in [3.05, 3.63) is 12.7 Å². The summed E-state index contributed by atoms with van der Waals surface area (Å²) in [6.45, 7) is 2.96. The Morgan fingerprint density at radius 3 is 1.86 bits per heavy atom. The molecule has 0 aliphatic rings. The SMILES string of the molecule is C=CC(=O)O.[B].[Pb]. The minimum Gasteiger partial charge on any atom is -0.478 e. The van der Waals surface area contributed by atoms with E-state index in [-0.39, 0.29) is 35.7 Å². The van der Waals surface area contributed by atoms with Crippen molar-refractivity contribution in [1.82, 2.24) is 0 Å². The third-order valence-corrected chi connectivity index (χ3v) is 0.175. The molecule has 7 heavy (non-hydrogen) atoms. The molecule has 0 saturated carbocycles. The molecular formula is C3H4BO2Pb. The molecule has 0 spiro atoms. The second-order valence-electron chi connectivity index (χ2n) is 0.542. The van der Waals surface area contributed by atoms with Crippen molar-refractivity contribution in [1.29, 1.82) is 0 Å². The molecule has 0 heterocycles. The van der Waals surface area contributed by atoms with Gasteiger partial charge in [-0.25, -0.2) is 4.79 Å². The van der Waals surface area contributed by atoms with Gasteiger partial charge in [0.15, 0.2) is 0 Å². The fourth-order valence-corrected chi connectivity index (χ4v) is 0. The number of carboxylic acids is 1. The Hall–Kier alpha value is 0.197. The van der Waals surface area contributed by atoms with Gasteiger partial charge >= 0.3 is 5.97 Å². The fourth-order valence-electron chi connectivity index (χ4n) is 0. The summed E-state index contributed by atoms with van der Waals surface area (Å²) in [4.78, 5) is 9.25. The van der Waals surface area contributed by atoms with Crippen LogP contribution in [0.2, 0.25) is 0 Å². The third-order valence-electron chi connectivity index (χ3n) is 0.175. The van der Waals surface area contributed by atoms with Crippen LogP contribution in [-0.4, -0.2) is 46.8 Å². The van der Waals surface area contributed by atoms with E-state index in [1.807, 2.05) is 0 Å². The van der Waals surface area contributed by atoms with E-state index >= 15 is 0 Å². The van der Waals surface area contributed by atoms with Crippen LogP contribution in [0.1, 0.15) is 0 Å². The van der Waals surface area contributed by atoms with E-state index in [2.05, 4.69) is 6.58 Å². The zero-order chi connectivity index (χ0) is 4.28. The van der Waals surface area contributed by atoms with Gasteiger partial charge in [0.2, 0.25) is 0 Å². The molecule has 0 aromatic rings. The number of carbonyl (C=O) groups is 1. The number of hydrogen-bond donors (Lipinski definition) is 1. The Morgan fingerprint density at radius 1 is 1.71 bits per heavy atom. The summed E-state index contributed by atoms with van der Waals surface area (Å²) in [5.41, 5.74) is 0. The van der Waals surface area contributed by atoms with Gasteiger partial charge in [0.1, 0.15) is 0 Å². The van der Waals surface area contributed by atoms with Crippen molar-refractivity contribution in [3.8, 4) is 0 Å². The average molecular weight is 290 g/mol. The zero-order valence-electron chi connectivity index (χ0n) is 3.72. The van der Waals surface area contributed by atoms with Crippen LogP contribution in [0.25, 0.3) is 0 Å². The molecule has 4 heteroatoms. The van der Waals surface area contributed by atoms with Gasteiger partial charge in [-0.05, 0) is 0 Å². The predicted molar refractivity (Wildman–Crippen MR) is 29.3 cm³/mol. The van der Waals surface area contributed by atoms with Crippen molar-refractivity contribution in [2.45, 2.75) is 0 Å². The van der Waals surface area contributed by atoms with Crippen LogP contribution in [0, 0.1) is 0 Å². The molecule has 0 atom stereocenters. The van der Waals surface area contributed by atoms with Crippen molar-refractivity contribution >= 4 is 41.7 Å². The van der Waals surface area contributed by atoms with E-state index in [1.165, 1.54) is 0 Å². The van der Waals surface area contributed by atoms with Gasteiger partial charge in [-0.1, -0.05) is 6.58 Å². The van der Waals surface area contributed by atoms with Crippen molar-refractivity contribution < 1.29 is 9.90 Å². The number of rotatable bonds is 1. The summed E-state index contributed by atoms with van der Waals surface area (Å²) in [7, 11) is 0. The molecule has 0 rings (SSSR count). The monoisotopic (exact) mass is 291 g/mol. The smallest absolute Gasteiger partial charge is 0.327 e. The standard InChI is InChI=1S/C3H4O2.B.Pb/c1-2-3(4)5;;/h2H,1H2,(H,4,5);;. The Labute approximate surface area is 64.3 Å². The van der Waals surface area contributed by atoms with Crippen molar-refractivity contribution in [2.24, 2.45) is 0 Å². The molecule has 0 aromatic heterocycles. The van der Waals surface area contributed by atoms with E-state index in [4.69, 9.17) is 5.11 Å². The normalized spacial score (nSPS) is 4.57. The molecule has 0 aliphatic heterocycles. The van der Waals surface area contributed by atoms with E-state index < -0.39 is 5.97 Å². The first-order valence-electron chi connectivity index (χ1n) is 1.12. The Kier molecular flexibility index (Phi) is 21.3. The summed E-state index contributed by atoms with van der Waals surface area (Å²) >= 11 is 0. The first-order chi connectivity index (χ1) is 2.27. The van der Waals surface area contributed by atoms with E-state index in [0.29, 0.717) is 0 Å². The van der Waals surface area contributed by atoms with Crippen LogP contribution in [0.4, 0.5) is 0 Å². The van der Waals surface area contributed by atoms with Crippen LogP contribution in [-0.2, 0) is 4.79 Å². The third kappa shape index (κ3) is 22.6. The summed E-state index contributed by atoms with van der Waals surface area (Å²) in [5, 5.41) is 7.60. The average Bonchev–Trinajstić information content (AvgIpc) is 1.38. The first-order valence-corrected chi connectivity index (χ1v) is 1.12. The maximum absolute atomic E-state index is 9.25. The molecule has 0 aliphatic carbocycles. The largest absolute Gasteiger partial charge is 0.478 e. The molecule has 0 aromatic carbocycles. The molecule has 0 amide bonds. The Balaban J connectivity index is -0.0000000800. The van der Waals surface area contributed by atoms with Gasteiger partial charge in [-0.3, -0.25) is 0 Å². The molecule has 7 radical (unpaired) electrons. The molecule has 0 unspecified atom stereocenters. The fraction of sp³-hybridized carbons (Fsp3) is 0. The second kappa shape index (κ2) is 9.50. The van der Waals surface area contributed by atoms with Crippen molar-refractivity contribution in [2.75, 3.05) is 0 Å². The molecule has 0 bridgehead atoms. The Morgan fingerprint density at radius 2 is 1.86 bits per heavy atom. The number of aliphatic carboxylic acids is 1. The summed E-state index contributed by atoms with van der Waals surface area (Å²) in [5.74, 6) is -0.981. The molecular weight excluding hydrogens is 286 g/mol. The van der Waals surface area contributed by atoms with Crippen LogP contribution in [0.5, 0.6) is 0 Å². The van der Waals surface area contributed by atoms with Gasteiger partial charge in [-0.15, -0.1) is 0 Å². The summed E-state index contributed by atoms with van der Waals surface area (Å²) in [6, 6.07) is 0. The van der Waals surface area contributed by atoms with Crippen molar-refractivity contribution in [3.63, 3.8) is 0 Å². The zero-order valence-corrected chi connectivity index (χ0v) is 7.60. The molecule has 0 fully saturated rings. The second-order valence-corrected chi connectivity index (χ2v) is 0.542. The van der Waals surface area contributed by atoms with Gasteiger partial charge in [0.25, 0.3) is 0 Å². The van der Waals surface area contributed by atoms with Gasteiger partial charge in [0.05, 0.1) is 0 Å². The first kappa shape index (κ1) is 15.7. The molecule has 35 valence electrons. The maximum atomic E-state index is 9.25. The van der Waals surface area contributed by atoms with E-state index in [9.17, 15) is 4.79 Å². The predicted octanol–water partition coefficient (Wildman–Crippen LogP) is -0.505. The minimum absolute atomic E-state index is 0. The van der Waals surface area contributed by atoms with Gasteiger partial charge < -0.3 is 5.11 Å².